The molecular weight excluding hydrogens is 222 g/mol. The summed E-state index contributed by atoms with van der Waals surface area (Å²) < 4.78 is 1.98. The quantitative estimate of drug-likeness (QED) is 0.706. The Labute approximate surface area is 106 Å². The third-order valence-corrected chi connectivity index (χ3v) is 3.13. The first-order valence-electron chi connectivity index (χ1n) is 5.97. The van der Waals surface area contributed by atoms with Crippen LogP contribution in [0.4, 0.5) is 5.95 Å². The van der Waals surface area contributed by atoms with Crippen LogP contribution < -0.4 is 5.73 Å². The van der Waals surface area contributed by atoms with Crippen molar-refractivity contribution in [1.29, 1.82) is 0 Å². The molecule has 1 heterocycles. The summed E-state index contributed by atoms with van der Waals surface area (Å²) in [7, 11) is 0. The average Bonchev–Trinajstić information content (AvgIpc) is 2.65. The molecule has 3 heteroatoms. The van der Waals surface area contributed by atoms with Gasteiger partial charge in [-0.3, -0.25) is 4.57 Å². The second kappa shape index (κ2) is 3.88. The Kier molecular flexibility index (Phi) is 2.33. The molecule has 90 valence electrons. The smallest absolute Gasteiger partial charge is 0.205 e. The molecule has 3 rings (SSSR count). The Bertz CT molecular complexity index is 708. The van der Waals surface area contributed by atoms with E-state index in [1.807, 2.05) is 4.57 Å². The van der Waals surface area contributed by atoms with Gasteiger partial charge in [-0.1, -0.05) is 23.8 Å². The number of rotatable bonds is 1. The molecule has 0 aliphatic heterocycles. The van der Waals surface area contributed by atoms with Crippen molar-refractivity contribution in [3.63, 3.8) is 0 Å². The first-order chi connectivity index (χ1) is 8.65. The van der Waals surface area contributed by atoms with Crippen LogP contribution in [0.25, 0.3) is 16.7 Å². The number of nitrogens with two attached hydrogens (primary N) is 1. The van der Waals surface area contributed by atoms with Gasteiger partial charge in [0.25, 0.3) is 0 Å². The van der Waals surface area contributed by atoms with Crippen LogP contribution >= 0.6 is 0 Å². The SMILES string of the molecule is Cc1ccc(-n2c(N)nc3cc(C)ccc32)cc1. The molecule has 0 spiro atoms. The lowest BCUT2D eigenvalue weighted by Gasteiger charge is -2.06. The van der Waals surface area contributed by atoms with Gasteiger partial charge in [-0.15, -0.1) is 0 Å². The number of nitrogen functional groups attached to an aromatic ring is 1. The molecule has 0 bridgehead atoms. The highest BCUT2D eigenvalue weighted by molar-refractivity contribution is 5.81. The molecule has 0 aliphatic rings. The van der Waals surface area contributed by atoms with E-state index >= 15 is 0 Å². The van der Waals surface area contributed by atoms with Crippen LogP contribution in [0.5, 0.6) is 0 Å². The van der Waals surface area contributed by atoms with Crippen LogP contribution in [0.3, 0.4) is 0 Å². The Morgan fingerprint density at radius 2 is 1.61 bits per heavy atom. The van der Waals surface area contributed by atoms with Gasteiger partial charge in [0.1, 0.15) is 0 Å². The minimum atomic E-state index is 0.527. The first kappa shape index (κ1) is 10.8. The summed E-state index contributed by atoms with van der Waals surface area (Å²) in [5.41, 5.74) is 11.5. The molecule has 3 aromatic rings. The summed E-state index contributed by atoms with van der Waals surface area (Å²) in [4.78, 5) is 4.41. The summed E-state index contributed by atoms with van der Waals surface area (Å²) >= 11 is 0. The molecule has 3 nitrogen and oxygen atoms in total. The molecule has 1 aromatic heterocycles. The maximum Gasteiger partial charge on any atom is 0.205 e. The van der Waals surface area contributed by atoms with E-state index in [4.69, 9.17) is 5.73 Å². The van der Waals surface area contributed by atoms with Crippen molar-refractivity contribution < 1.29 is 0 Å². The lowest BCUT2D eigenvalue weighted by Crippen LogP contribution is -2.00. The average molecular weight is 237 g/mol. The van der Waals surface area contributed by atoms with Gasteiger partial charge in [0.2, 0.25) is 5.95 Å². The van der Waals surface area contributed by atoms with Gasteiger partial charge in [-0.2, -0.15) is 0 Å². The standard InChI is InChI=1S/C15H15N3/c1-10-3-6-12(7-4-10)18-14-8-5-11(2)9-13(14)17-15(18)16/h3-9H,1-2H3,(H2,16,17). The highest BCUT2D eigenvalue weighted by atomic mass is 15.2. The zero-order valence-corrected chi connectivity index (χ0v) is 10.5. The van der Waals surface area contributed by atoms with Crippen molar-refractivity contribution >= 4 is 17.0 Å². The van der Waals surface area contributed by atoms with E-state index in [-0.39, 0.29) is 0 Å². The Morgan fingerprint density at radius 3 is 2.33 bits per heavy atom. The summed E-state index contributed by atoms with van der Waals surface area (Å²) in [6.07, 6.45) is 0. The summed E-state index contributed by atoms with van der Waals surface area (Å²) in [6, 6.07) is 14.5. The second-order valence-electron chi connectivity index (χ2n) is 4.63. The number of aryl methyl sites for hydroxylation is 2. The van der Waals surface area contributed by atoms with E-state index in [9.17, 15) is 0 Å². The van der Waals surface area contributed by atoms with Crippen molar-refractivity contribution in [3.8, 4) is 5.69 Å². The zero-order chi connectivity index (χ0) is 12.7. The predicted molar refractivity (Wildman–Crippen MR) is 75.0 cm³/mol. The molecule has 0 saturated carbocycles. The number of hydrogen-bond acceptors (Lipinski definition) is 2. The van der Waals surface area contributed by atoms with E-state index in [0.29, 0.717) is 5.95 Å². The summed E-state index contributed by atoms with van der Waals surface area (Å²) in [6.45, 7) is 4.13. The van der Waals surface area contributed by atoms with E-state index in [0.717, 1.165) is 16.7 Å². The maximum absolute atomic E-state index is 6.03. The van der Waals surface area contributed by atoms with E-state index in [1.54, 1.807) is 0 Å². The maximum atomic E-state index is 6.03. The fraction of sp³-hybridized carbons (Fsp3) is 0.133. The van der Waals surface area contributed by atoms with E-state index in [2.05, 4.69) is 61.3 Å². The fourth-order valence-electron chi connectivity index (χ4n) is 2.17. The van der Waals surface area contributed by atoms with Gasteiger partial charge in [-0.25, -0.2) is 4.98 Å². The molecule has 0 fully saturated rings. The van der Waals surface area contributed by atoms with Crippen LogP contribution in [0.1, 0.15) is 11.1 Å². The van der Waals surface area contributed by atoms with Crippen molar-refractivity contribution in [3.05, 3.63) is 53.6 Å². The van der Waals surface area contributed by atoms with Gasteiger partial charge in [0, 0.05) is 5.69 Å². The van der Waals surface area contributed by atoms with Crippen LogP contribution in [0, 0.1) is 13.8 Å². The monoisotopic (exact) mass is 237 g/mol. The predicted octanol–water partition coefficient (Wildman–Crippen LogP) is 3.22. The number of benzene rings is 2. The number of aromatic nitrogens is 2. The van der Waals surface area contributed by atoms with Crippen LogP contribution in [-0.2, 0) is 0 Å². The van der Waals surface area contributed by atoms with Gasteiger partial charge >= 0.3 is 0 Å². The van der Waals surface area contributed by atoms with Crippen molar-refractivity contribution in [2.45, 2.75) is 13.8 Å². The minimum absolute atomic E-state index is 0.527. The molecule has 2 N–H and O–H groups in total. The Morgan fingerprint density at radius 1 is 0.944 bits per heavy atom. The molecule has 0 aliphatic carbocycles. The van der Waals surface area contributed by atoms with E-state index < -0.39 is 0 Å². The number of fused-ring (bicyclic) bond motifs is 1. The van der Waals surface area contributed by atoms with Gasteiger partial charge in [-0.05, 0) is 43.7 Å². The van der Waals surface area contributed by atoms with Gasteiger partial charge < -0.3 is 5.73 Å². The molecule has 0 amide bonds. The normalized spacial score (nSPS) is 11.0. The second-order valence-corrected chi connectivity index (χ2v) is 4.63. The third kappa shape index (κ3) is 1.64. The molecule has 0 saturated heterocycles. The molecule has 0 atom stereocenters. The zero-order valence-electron chi connectivity index (χ0n) is 10.5. The largest absolute Gasteiger partial charge is 0.369 e. The number of nitrogens with zero attached hydrogens (tertiary/aromatic N) is 2. The summed E-state index contributed by atoms with van der Waals surface area (Å²) in [5, 5.41) is 0. The lowest BCUT2D eigenvalue weighted by atomic mass is 10.2. The molecule has 0 radical (unpaired) electrons. The highest BCUT2D eigenvalue weighted by Gasteiger charge is 2.09. The van der Waals surface area contributed by atoms with Gasteiger partial charge in [0.15, 0.2) is 0 Å². The third-order valence-electron chi connectivity index (χ3n) is 3.13. The molecule has 18 heavy (non-hydrogen) atoms. The first-order valence-corrected chi connectivity index (χ1v) is 5.97. The molecule has 2 aromatic carbocycles. The molecule has 0 unspecified atom stereocenters. The van der Waals surface area contributed by atoms with Gasteiger partial charge in [0.05, 0.1) is 11.0 Å². The van der Waals surface area contributed by atoms with Crippen LogP contribution in [-0.4, -0.2) is 9.55 Å². The highest BCUT2D eigenvalue weighted by Crippen LogP contribution is 2.23. The Hall–Kier alpha value is -2.29. The number of imidazole rings is 1. The van der Waals surface area contributed by atoms with E-state index in [1.165, 1.54) is 11.1 Å². The minimum Gasteiger partial charge on any atom is -0.369 e. The van der Waals surface area contributed by atoms with Crippen molar-refractivity contribution in [2.24, 2.45) is 0 Å². The van der Waals surface area contributed by atoms with Crippen molar-refractivity contribution in [1.82, 2.24) is 9.55 Å². The lowest BCUT2D eigenvalue weighted by molar-refractivity contribution is 1.11. The fourth-order valence-corrected chi connectivity index (χ4v) is 2.17. The van der Waals surface area contributed by atoms with Crippen LogP contribution in [0.2, 0.25) is 0 Å². The number of hydrogen-bond donors (Lipinski definition) is 1. The Balaban J connectivity index is 2.28. The van der Waals surface area contributed by atoms with Crippen LogP contribution in [0.15, 0.2) is 42.5 Å². The topological polar surface area (TPSA) is 43.8 Å². The molecular formula is C15H15N3. The number of anilines is 1. The van der Waals surface area contributed by atoms with Crippen molar-refractivity contribution in [2.75, 3.05) is 5.73 Å². The summed E-state index contributed by atoms with van der Waals surface area (Å²) in [5.74, 6) is 0.527.